The number of rotatable bonds is 6. The maximum Gasteiger partial charge on any atom is 0.251 e. The van der Waals surface area contributed by atoms with Crippen LogP contribution in [-0.2, 0) is 4.79 Å². The van der Waals surface area contributed by atoms with Crippen LogP contribution < -0.4 is 15.4 Å². The third-order valence-electron chi connectivity index (χ3n) is 3.20. The van der Waals surface area contributed by atoms with Crippen LogP contribution in [0.1, 0.15) is 29.8 Å². The fourth-order valence-corrected chi connectivity index (χ4v) is 2.14. The van der Waals surface area contributed by atoms with E-state index in [1.807, 2.05) is 32.9 Å². The van der Waals surface area contributed by atoms with Crippen molar-refractivity contribution in [2.45, 2.75) is 26.9 Å². The zero-order chi connectivity index (χ0) is 17.5. The minimum absolute atomic E-state index is 0.0863. The van der Waals surface area contributed by atoms with Crippen molar-refractivity contribution in [1.82, 2.24) is 5.32 Å². The maximum atomic E-state index is 12.0. The number of amides is 2. The van der Waals surface area contributed by atoms with Crippen LogP contribution >= 0.6 is 0 Å². The number of hydrogen-bond donors (Lipinski definition) is 2. The second-order valence-corrected chi connectivity index (χ2v) is 5.79. The average molecular weight is 326 g/mol. The molecule has 0 spiro atoms. The predicted octanol–water partition coefficient (Wildman–Crippen LogP) is 3.15. The summed E-state index contributed by atoms with van der Waals surface area (Å²) in [6, 6.07) is 14.3. The van der Waals surface area contributed by atoms with E-state index in [1.165, 1.54) is 0 Å². The molecular formula is C19H22N2O3. The number of nitrogens with one attached hydrogen (secondary N) is 2. The number of ether oxygens (including phenoxy) is 1. The van der Waals surface area contributed by atoms with E-state index in [2.05, 4.69) is 10.6 Å². The molecule has 0 fully saturated rings. The lowest BCUT2D eigenvalue weighted by molar-refractivity contribution is -0.115. The molecule has 2 aromatic rings. The van der Waals surface area contributed by atoms with Crippen LogP contribution in [0.4, 0.5) is 5.69 Å². The molecule has 0 aromatic heterocycles. The minimum atomic E-state index is -0.284. The normalized spacial score (nSPS) is 10.3. The van der Waals surface area contributed by atoms with Crippen LogP contribution in [0.15, 0.2) is 48.5 Å². The highest BCUT2D eigenvalue weighted by Gasteiger charge is 2.08. The average Bonchev–Trinajstić information content (AvgIpc) is 2.54. The van der Waals surface area contributed by atoms with Gasteiger partial charge >= 0.3 is 0 Å². The largest absolute Gasteiger partial charge is 0.491 e. The summed E-state index contributed by atoms with van der Waals surface area (Å²) in [4.78, 5) is 23.9. The first-order chi connectivity index (χ1) is 11.4. The molecular weight excluding hydrogens is 304 g/mol. The molecule has 0 saturated heterocycles. The van der Waals surface area contributed by atoms with Crippen molar-refractivity contribution in [3.05, 3.63) is 59.7 Å². The van der Waals surface area contributed by atoms with Gasteiger partial charge in [0.15, 0.2) is 0 Å². The maximum absolute atomic E-state index is 12.0. The lowest BCUT2D eigenvalue weighted by atomic mass is 10.1. The van der Waals surface area contributed by atoms with Crippen LogP contribution in [-0.4, -0.2) is 24.5 Å². The van der Waals surface area contributed by atoms with Gasteiger partial charge in [-0.05, 0) is 57.2 Å². The fourth-order valence-electron chi connectivity index (χ4n) is 2.14. The molecule has 2 aromatic carbocycles. The van der Waals surface area contributed by atoms with E-state index >= 15 is 0 Å². The molecule has 5 nitrogen and oxygen atoms in total. The number of anilines is 1. The summed E-state index contributed by atoms with van der Waals surface area (Å²) in [7, 11) is 0. The van der Waals surface area contributed by atoms with Gasteiger partial charge in [-0.3, -0.25) is 9.59 Å². The Hall–Kier alpha value is -2.82. The van der Waals surface area contributed by atoms with Crippen molar-refractivity contribution in [1.29, 1.82) is 0 Å². The van der Waals surface area contributed by atoms with Crippen LogP contribution in [0.5, 0.6) is 5.75 Å². The highest BCUT2D eigenvalue weighted by molar-refractivity contribution is 5.99. The third-order valence-corrected chi connectivity index (χ3v) is 3.20. The van der Waals surface area contributed by atoms with E-state index in [0.717, 1.165) is 11.3 Å². The number of hydrogen-bond acceptors (Lipinski definition) is 3. The summed E-state index contributed by atoms with van der Waals surface area (Å²) in [5, 5.41) is 5.34. The van der Waals surface area contributed by atoms with E-state index in [1.54, 1.807) is 36.4 Å². The Morgan fingerprint density at radius 2 is 1.79 bits per heavy atom. The molecule has 0 aliphatic heterocycles. The van der Waals surface area contributed by atoms with Crippen LogP contribution in [0, 0.1) is 6.92 Å². The molecule has 0 heterocycles. The van der Waals surface area contributed by atoms with E-state index in [4.69, 9.17) is 4.74 Å². The number of carbonyl (C=O) groups excluding carboxylic acids is 2. The highest BCUT2D eigenvalue weighted by Crippen LogP contribution is 2.16. The quantitative estimate of drug-likeness (QED) is 0.857. The summed E-state index contributed by atoms with van der Waals surface area (Å²) >= 11 is 0. The molecule has 0 aliphatic carbocycles. The van der Waals surface area contributed by atoms with Crippen LogP contribution in [0.2, 0.25) is 0 Å². The van der Waals surface area contributed by atoms with Gasteiger partial charge in [0.1, 0.15) is 5.75 Å². The minimum Gasteiger partial charge on any atom is -0.491 e. The lowest BCUT2D eigenvalue weighted by Gasteiger charge is -2.11. The Labute approximate surface area is 142 Å². The molecule has 5 heteroatoms. The number of carbonyl (C=O) groups is 2. The Morgan fingerprint density at radius 1 is 1.08 bits per heavy atom. The Balaban J connectivity index is 1.83. The second-order valence-electron chi connectivity index (χ2n) is 5.79. The molecule has 2 rings (SSSR count). The third kappa shape index (κ3) is 5.43. The molecule has 0 radical (unpaired) electrons. The van der Waals surface area contributed by atoms with Gasteiger partial charge in [-0.15, -0.1) is 0 Å². The Kier molecular flexibility index (Phi) is 5.95. The van der Waals surface area contributed by atoms with Crippen molar-refractivity contribution in [2.75, 3.05) is 11.9 Å². The molecule has 126 valence electrons. The smallest absolute Gasteiger partial charge is 0.251 e. The van der Waals surface area contributed by atoms with Gasteiger partial charge in [-0.1, -0.05) is 17.7 Å². The summed E-state index contributed by atoms with van der Waals surface area (Å²) < 4.78 is 5.54. The summed E-state index contributed by atoms with van der Waals surface area (Å²) in [6.45, 7) is 5.73. The van der Waals surface area contributed by atoms with Crippen LogP contribution in [0.3, 0.4) is 0 Å². The summed E-state index contributed by atoms with van der Waals surface area (Å²) in [5.41, 5.74) is 2.19. The first kappa shape index (κ1) is 17.5. The van der Waals surface area contributed by atoms with E-state index < -0.39 is 0 Å². The molecule has 2 N–H and O–H groups in total. The lowest BCUT2D eigenvalue weighted by Crippen LogP contribution is -2.32. The van der Waals surface area contributed by atoms with Crippen LogP contribution in [0.25, 0.3) is 0 Å². The zero-order valence-electron chi connectivity index (χ0n) is 14.1. The van der Waals surface area contributed by atoms with Crippen molar-refractivity contribution in [2.24, 2.45) is 0 Å². The SMILES string of the molecule is Cc1cccc(C(=O)NCC(=O)Nc2ccc(OC(C)C)cc2)c1. The Bertz CT molecular complexity index is 709. The van der Waals surface area contributed by atoms with E-state index in [9.17, 15) is 9.59 Å². The highest BCUT2D eigenvalue weighted by atomic mass is 16.5. The van der Waals surface area contributed by atoms with Crippen molar-refractivity contribution < 1.29 is 14.3 Å². The Morgan fingerprint density at radius 3 is 2.42 bits per heavy atom. The van der Waals surface area contributed by atoms with Gasteiger partial charge in [0, 0.05) is 11.3 Å². The van der Waals surface area contributed by atoms with Gasteiger partial charge in [0.25, 0.3) is 5.91 Å². The van der Waals surface area contributed by atoms with E-state index in [0.29, 0.717) is 11.3 Å². The monoisotopic (exact) mass is 326 g/mol. The molecule has 0 atom stereocenters. The predicted molar refractivity (Wildman–Crippen MR) is 94.3 cm³/mol. The molecule has 2 amide bonds. The molecule has 0 unspecified atom stereocenters. The van der Waals surface area contributed by atoms with E-state index in [-0.39, 0.29) is 24.5 Å². The number of benzene rings is 2. The van der Waals surface area contributed by atoms with Gasteiger partial charge in [-0.25, -0.2) is 0 Å². The molecule has 0 saturated carbocycles. The molecule has 0 bridgehead atoms. The summed E-state index contributed by atoms with van der Waals surface area (Å²) in [5.74, 6) is 0.193. The number of aryl methyl sites for hydroxylation is 1. The van der Waals surface area contributed by atoms with Gasteiger partial charge in [0.05, 0.1) is 12.6 Å². The topological polar surface area (TPSA) is 67.4 Å². The fraction of sp³-hybridized carbons (Fsp3) is 0.263. The standard InChI is InChI=1S/C19H22N2O3/c1-13(2)24-17-9-7-16(8-10-17)21-18(22)12-20-19(23)15-6-4-5-14(3)11-15/h4-11,13H,12H2,1-3H3,(H,20,23)(H,21,22). The van der Waals surface area contributed by atoms with Crippen molar-refractivity contribution >= 4 is 17.5 Å². The molecule has 0 aliphatic rings. The van der Waals surface area contributed by atoms with Gasteiger partial charge < -0.3 is 15.4 Å². The first-order valence-corrected chi connectivity index (χ1v) is 7.85. The van der Waals surface area contributed by atoms with Crippen molar-refractivity contribution in [3.63, 3.8) is 0 Å². The summed E-state index contributed by atoms with van der Waals surface area (Å²) in [6.07, 6.45) is 0.0993. The van der Waals surface area contributed by atoms with Gasteiger partial charge in [-0.2, -0.15) is 0 Å². The van der Waals surface area contributed by atoms with Crippen molar-refractivity contribution in [3.8, 4) is 5.75 Å². The van der Waals surface area contributed by atoms with Gasteiger partial charge in [0.2, 0.25) is 5.91 Å². The molecule has 24 heavy (non-hydrogen) atoms. The zero-order valence-corrected chi connectivity index (χ0v) is 14.1. The first-order valence-electron chi connectivity index (χ1n) is 7.85. The second kappa shape index (κ2) is 8.15.